The van der Waals surface area contributed by atoms with Crippen LogP contribution in [0.4, 0.5) is 6.01 Å². The molecule has 0 aliphatic carbocycles. The molecule has 1 aliphatic heterocycles. The highest BCUT2D eigenvalue weighted by Crippen LogP contribution is 2.28. The molecule has 3 heterocycles. The number of anilines is 1. The number of ether oxygens (including phenoxy) is 1. The average Bonchev–Trinajstić information content (AvgIpc) is 3.17. The van der Waals surface area contributed by atoms with Crippen molar-refractivity contribution in [3.8, 4) is 5.75 Å². The Morgan fingerprint density at radius 3 is 2.91 bits per heavy atom. The quantitative estimate of drug-likeness (QED) is 0.805. The standard InChI is InChI=1S/C16H18N4O2/c1-11-18-16(22-19-11)20-9-6-12(7-10-20)21-15-4-2-3-14-13(15)5-8-17-14/h2-5,8,12,17H,6-7,9-10H2,1H3. The summed E-state index contributed by atoms with van der Waals surface area (Å²) < 4.78 is 11.4. The second-order valence-corrected chi connectivity index (χ2v) is 5.62. The zero-order valence-corrected chi connectivity index (χ0v) is 12.5. The van der Waals surface area contributed by atoms with Gasteiger partial charge in [0.1, 0.15) is 11.9 Å². The number of hydrogen-bond donors (Lipinski definition) is 1. The van der Waals surface area contributed by atoms with Crippen LogP contribution in [0.3, 0.4) is 0 Å². The molecule has 2 aromatic heterocycles. The maximum atomic E-state index is 6.20. The normalized spacial score (nSPS) is 16.3. The smallest absolute Gasteiger partial charge is 0.324 e. The van der Waals surface area contributed by atoms with Crippen molar-refractivity contribution in [3.63, 3.8) is 0 Å². The lowest BCUT2D eigenvalue weighted by atomic mass is 10.1. The molecule has 0 unspecified atom stereocenters. The third-order valence-electron chi connectivity index (χ3n) is 4.08. The number of nitrogens with zero attached hydrogens (tertiary/aromatic N) is 3. The number of piperidine rings is 1. The Labute approximate surface area is 128 Å². The number of aromatic nitrogens is 3. The average molecular weight is 298 g/mol. The molecule has 4 rings (SSSR count). The summed E-state index contributed by atoms with van der Waals surface area (Å²) in [5, 5.41) is 4.98. The van der Waals surface area contributed by atoms with Crippen molar-refractivity contribution in [2.24, 2.45) is 0 Å². The fourth-order valence-corrected chi connectivity index (χ4v) is 2.92. The number of benzene rings is 1. The summed E-state index contributed by atoms with van der Waals surface area (Å²) in [4.78, 5) is 9.61. The van der Waals surface area contributed by atoms with Gasteiger partial charge < -0.3 is 19.1 Å². The maximum absolute atomic E-state index is 6.20. The van der Waals surface area contributed by atoms with E-state index in [0.717, 1.165) is 42.6 Å². The van der Waals surface area contributed by atoms with E-state index in [1.807, 2.05) is 25.3 Å². The highest BCUT2D eigenvalue weighted by molar-refractivity contribution is 5.85. The van der Waals surface area contributed by atoms with Crippen LogP contribution in [0.5, 0.6) is 5.75 Å². The zero-order chi connectivity index (χ0) is 14.9. The van der Waals surface area contributed by atoms with Gasteiger partial charge in [0.25, 0.3) is 0 Å². The molecule has 6 heteroatoms. The van der Waals surface area contributed by atoms with Crippen LogP contribution in [0.2, 0.25) is 0 Å². The number of rotatable bonds is 3. The van der Waals surface area contributed by atoms with Gasteiger partial charge in [0, 0.05) is 43.0 Å². The van der Waals surface area contributed by atoms with Crippen LogP contribution in [0.15, 0.2) is 35.0 Å². The van der Waals surface area contributed by atoms with E-state index in [2.05, 4.69) is 32.2 Å². The van der Waals surface area contributed by atoms with Gasteiger partial charge >= 0.3 is 6.01 Å². The number of nitrogens with one attached hydrogen (secondary N) is 1. The first-order valence-corrected chi connectivity index (χ1v) is 7.57. The molecule has 0 amide bonds. The lowest BCUT2D eigenvalue weighted by molar-refractivity contribution is 0.171. The van der Waals surface area contributed by atoms with Gasteiger partial charge in [-0.1, -0.05) is 11.2 Å². The van der Waals surface area contributed by atoms with Gasteiger partial charge in [0.2, 0.25) is 0 Å². The third kappa shape index (κ3) is 2.41. The van der Waals surface area contributed by atoms with Crippen molar-refractivity contribution in [1.82, 2.24) is 15.1 Å². The molecule has 6 nitrogen and oxygen atoms in total. The Morgan fingerprint density at radius 2 is 2.14 bits per heavy atom. The summed E-state index contributed by atoms with van der Waals surface area (Å²) in [7, 11) is 0. The Kier molecular flexibility index (Phi) is 3.21. The van der Waals surface area contributed by atoms with Gasteiger partial charge in [-0.15, -0.1) is 0 Å². The molecular formula is C16H18N4O2. The first-order chi connectivity index (χ1) is 10.8. The van der Waals surface area contributed by atoms with E-state index in [1.165, 1.54) is 0 Å². The van der Waals surface area contributed by atoms with Crippen molar-refractivity contribution in [3.05, 3.63) is 36.3 Å². The minimum absolute atomic E-state index is 0.223. The Bertz CT molecular complexity index is 771. The Morgan fingerprint density at radius 1 is 1.27 bits per heavy atom. The van der Waals surface area contributed by atoms with E-state index in [9.17, 15) is 0 Å². The number of aromatic amines is 1. The molecule has 1 fully saturated rings. The van der Waals surface area contributed by atoms with Crippen molar-refractivity contribution >= 4 is 16.9 Å². The fourth-order valence-electron chi connectivity index (χ4n) is 2.92. The van der Waals surface area contributed by atoms with Crippen molar-refractivity contribution < 1.29 is 9.26 Å². The highest BCUT2D eigenvalue weighted by Gasteiger charge is 2.24. The summed E-state index contributed by atoms with van der Waals surface area (Å²) in [6.07, 6.45) is 4.06. The van der Waals surface area contributed by atoms with Gasteiger partial charge in [-0.25, -0.2) is 0 Å². The van der Waals surface area contributed by atoms with Crippen molar-refractivity contribution in [2.75, 3.05) is 18.0 Å². The minimum atomic E-state index is 0.223. The minimum Gasteiger partial charge on any atom is -0.490 e. The van der Waals surface area contributed by atoms with Crippen LogP contribution in [0.1, 0.15) is 18.7 Å². The van der Waals surface area contributed by atoms with Crippen LogP contribution >= 0.6 is 0 Å². The molecule has 1 N–H and O–H groups in total. The molecule has 0 spiro atoms. The van der Waals surface area contributed by atoms with Crippen LogP contribution < -0.4 is 9.64 Å². The summed E-state index contributed by atoms with van der Waals surface area (Å²) in [6.45, 7) is 3.57. The van der Waals surface area contributed by atoms with Crippen LogP contribution in [-0.4, -0.2) is 34.3 Å². The monoisotopic (exact) mass is 298 g/mol. The van der Waals surface area contributed by atoms with Crippen LogP contribution in [0, 0.1) is 6.92 Å². The second kappa shape index (κ2) is 5.36. The van der Waals surface area contributed by atoms with E-state index in [0.29, 0.717) is 11.8 Å². The van der Waals surface area contributed by atoms with E-state index in [4.69, 9.17) is 9.26 Å². The molecular weight excluding hydrogens is 280 g/mol. The fraction of sp³-hybridized carbons (Fsp3) is 0.375. The van der Waals surface area contributed by atoms with Crippen LogP contribution in [-0.2, 0) is 0 Å². The lowest BCUT2D eigenvalue weighted by Crippen LogP contribution is -2.38. The Balaban J connectivity index is 1.43. The predicted molar refractivity (Wildman–Crippen MR) is 83.2 cm³/mol. The summed E-state index contributed by atoms with van der Waals surface area (Å²) >= 11 is 0. The van der Waals surface area contributed by atoms with E-state index in [1.54, 1.807) is 0 Å². The molecule has 0 radical (unpaired) electrons. The molecule has 0 saturated carbocycles. The van der Waals surface area contributed by atoms with Gasteiger partial charge in [-0.2, -0.15) is 4.98 Å². The first kappa shape index (κ1) is 13.2. The van der Waals surface area contributed by atoms with Crippen molar-refractivity contribution in [2.45, 2.75) is 25.9 Å². The van der Waals surface area contributed by atoms with E-state index < -0.39 is 0 Å². The molecule has 1 aliphatic rings. The molecule has 22 heavy (non-hydrogen) atoms. The molecule has 114 valence electrons. The molecule has 1 saturated heterocycles. The third-order valence-corrected chi connectivity index (χ3v) is 4.08. The SMILES string of the molecule is Cc1noc(N2CCC(Oc3cccc4[nH]ccc34)CC2)n1. The predicted octanol–water partition coefficient (Wildman–Crippen LogP) is 2.91. The van der Waals surface area contributed by atoms with E-state index >= 15 is 0 Å². The van der Waals surface area contributed by atoms with Gasteiger partial charge in [-0.05, 0) is 25.1 Å². The molecule has 0 atom stereocenters. The van der Waals surface area contributed by atoms with Gasteiger partial charge in [0.15, 0.2) is 5.82 Å². The van der Waals surface area contributed by atoms with Crippen molar-refractivity contribution in [1.29, 1.82) is 0 Å². The van der Waals surface area contributed by atoms with Crippen LogP contribution in [0.25, 0.3) is 10.9 Å². The molecule has 1 aromatic carbocycles. The highest BCUT2D eigenvalue weighted by atomic mass is 16.5. The Hall–Kier alpha value is -2.50. The largest absolute Gasteiger partial charge is 0.490 e. The number of H-pyrrole nitrogens is 1. The zero-order valence-electron chi connectivity index (χ0n) is 12.5. The first-order valence-electron chi connectivity index (χ1n) is 7.57. The second-order valence-electron chi connectivity index (χ2n) is 5.62. The van der Waals surface area contributed by atoms with Gasteiger partial charge in [0.05, 0.1) is 0 Å². The molecule has 0 bridgehead atoms. The lowest BCUT2D eigenvalue weighted by Gasteiger charge is -2.30. The number of hydrogen-bond acceptors (Lipinski definition) is 5. The topological polar surface area (TPSA) is 67.2 Å². The maximum Gasteiger partial charge on any atom is 0.324 e. The molecule has 3 aromatic rings. The van der Waals surface area contributed by atoms with E-state index in [-0.39, 0.29) is 6.10 Å². The number of fused-ring (bicyclic) bond motifs is 1. The van der Waals surface area contributed by atoms with Gasteiger partial charge in [-0.3, -0.25) is 0 Å². The number of aryl methyl sites for hydroxylation is 1. The summed E-state index contributed by atoms with van der Waals surface area (Å²) in [5.41, 5.74) is 1.11. The summed E-state index contributed by atoms with van der Waals surface area (Å²) in [6, 6.07) is 8.78. The summed E-state index contributed by atoms with van der Waals surface area (Å²) in [5.74, 6) is 1.62.